The Balaban J connectivity index is 1.76. The molecule has 4 aliphatic rings. The maximum Gasteiger partial charge on any atom is 0.311 e. The maximum atomic E-state index is 12.7. The van der Waals surface area contributed by atoms with Crippen molar-refractivity contribution in [1.29, 1.82) is 0 Å². The van der Waals surface area contributed by atoms with Crippen LogP contribution in [0.1, 0.15) is 65.2 Å². The summed E-state index contributed by atoms with van der Waals surface area (Å²) in [5, 5.41) is 32.1. The number of methoxy groups -OCH3 is 1. The molecule has 0 heterocycles. The van der Waals surface area contributed by atoms with Gasteiger partial charge in [0.1, 0.15) is 0 Å². The second-order valence-electron chi connectivity index (χ2n) is 10.3. The average molecular weight is 366 g/mol. The average Bonchev–Trinajstić information content (AvgIpc) is 2.84. The lowest BCUT2D eigenvalue weighted by atomic mass is 9.40. The minimum absolute atomic E-state index is 0.0356. The van der Waals surface area contributed by atoms with Crippen molar-refractivity contribution >= 4 is 5.97 Å². The number of aliphatic hydroxyl groups excluding tert-OH is 2. The minimum atomic E-state index is -1.06. The molecule has 4 aliphatic carbocycles. The van der Waals surface area contributed by atoms with Gasteiger partial charge in [-0.2, -0.15) is 0 Å². The fraction of sp³-hybridized carbons (Fsp3) is 0.952. The first-order valence-electron chi connectivity index (χ1n) is 10.3. The zero-order chi connectivity index (χ0) is 19.0. The predicted octanol–water partition coefficient (Wildman–Crippen LogP) is 2.27. The van der Waals surface area contributed by atoms with Gasteiger partial charge in [0.05, 0.1) is 30.8 Å². The van der Waals surface area contributed by atoms with Gasteiger partial charge in [0.25, 0.3) is 0 Å². The highest BCUT2D eigenvalue weighted by molar-refractivity contribution is 5.77. The minimum Gasteiger partial charge on any atom is -0.469 e. The van der Waals surface area contributed by atoms with Gasteiger partial charge < -0.3 is 20.1 Å². The van der Waals surface area contributed by atoms with Crippen molar-refractivity contribution in [3.8, 4) is 0 Å². The fourth-order valence-corrected chi connectivity index (χ4v) is 8.18. The first kappa shape index (κ1) is 18.7. The van der Waals surface area contributed by atoms with Crippen LogP contribution in [0.2, 0.25) is 0 Å². The van der Waals surface area contributed by atoms with E-state index >= 15 is 0 Å². The molecule has 5 nitrogen and oxygen atoms in total. The molecule has 5 heteroatoms. The van der Waals surface area contributed by atoms with Crippen LogP contribution in [-0.2, 0) is 9.53 Å². The molecule has 0 aromatic rings. The molecule has 0 radical (unpaired) electrons. The van der Waals surface area contributed by atoms with Gasteiger partial charge in [-0.05, 0) is 75.0 Å². The molecule has 4 saturated carbocycles. The van der Waals surface area contributed by atoms with E-state index < -0.39 is 17.1 Å². The molecule has 2 bridgehead atoms. The van der Waals surface area contributed by atoms with E-state index in [1.165, 1.54) is 7.11 Å². The van der Waals surface area contributed by atoms with Crippen LogP contribution in [-0.4, -0.2) is 46.7 Å². The number of fused-ring (bicyclic) bond motifs is 3. The summed E-state index contributed by atoms with van der Waals surface area (Å²) in [5.74, 6) is 0.309. The summed E-state index contributed by atoms with van der Waals surface area (Å²) in [7, 11) is 1.46. The third kappa shape index (κ3) is 2.11. The molecular weight excluding hydrogens is 332 g/mol. The monoisotopic (exact) mass is 366 g/mol. The van der Waals surface area contributed by atoms with E-state index in [0.717, 1.165) is 38.5 Å². The molecule has 26 heavy (non-hydrogen) atoms. The summed E-state index contributed by atoms with van der Waals surface area (Å²) >= 11 is 0. The molecule has 8 atom stereocenters. The van der Waals surface area contributed by atoms with Crippen LogP contribution in [0.25, 0.3) is 0 Å². The molecule has 0 aromatic carbocycles. The van der Waals surface area contributed by atoms with Gasteiger partial charge in [-0.3, -0.25) is 4.79 Å². The smallest absolute Gasteiger partial charge is 0.311 e. The highest BCUT2D eigenvalue weighted by Crippen LogP contribution is 2.72. The van der Waals surface area contributed by atoms with Gasteiger partial charge >= 0.3 is 5.97 Å². The predicted molar refractivity (Wildman–Crippen MR) is 96.1 cm³/mol. The van der Waals surface area contributed by atoms with E-state index in [4.69, 9.17) is 4.74 Å². The standard InChI is InChI=1S/C21H34O5/c1-18-7-4-8-19(2,17(24)26-3)15(18)9-16(23)20-10-13(5-6-14(18)20)21(25,11-20)12-22/h13-16,22-23,25H,4-12H2,1-3H3/t13-,14?,15?,16+,18+,19-,20-,21-/m1/s1. The highest BCUT2D eigenvalue weighted by atomic mass is 16.5. The number of esters is 1. The molecular formula is C21H34O5. The zero-order valence-electron chi connectivity index (χ0n) is 16.3. The number of ether oxygens (including phenoxy) is 1. The number of carbonyl (C=O) groups excluding carboxylic acids is 1. The second-order valence-corrected chi connectivity index (χ2v) is 10.3. The van der Waals surface area contributed by atoms with Crippen molar-refractivity contribution in [2.45, 2.75) is 76.9 Å². The van der Waals surface area contributed by atoms with E-state index in [-0.39, 0.29) is 41.2 Å². The van der Waals surface area contributed by atoms with E-state index in [1.807, 2.05) is 6.92 Å². The van der Waals surface area contributed by atoms with Crippen LogP contribution in [0.5, 0.6) is 0 Å². The van der Waals surface area contributed by atoms with E-state index in [9.17, 15) is 20.1 Å². The Morgan fingerprint density at radius 1 is 1.19 bits per heavy atom. The normalized spacial score (nSPS) is 55.8. The van der Waals surface area contributed by atoms with E-state index in [2.05, 4.69) is 6.92 Å². The molecule has 4 fully saturated rings. The van der Waals surface area contributed by atoms with Crippen molar-refractivity contribution in [2.24, 2.45) is 34.0 Å². The fourth-order valence-electron chi connectivity index (χ4n) is 8.18. The molecule has 3 N–H and O–H groups in total. The van der Waals surface area contributed by atoms with Crippen LogP contribution in [0.3, 0.4) is 0 Å². The van der Waals surface area contributed by atoms with Gasteiger partial charge in [-0.25, -0.2) is 0 Å². The highest BCUT2D eigenvalue weighted by Gasteiger charge is 2.71. The molecule has 2 unspecified atom stereocenters. The molecule has 0 aromatic heterocycles. The van der Waals surface area contributed by atoms with E-state index in [0.29, 0.717) is 12.8 Å². The number of hydrogen-bond acceptors (Lipinski definition) is 5. The molecule has 0 aliphatic heterocycles. The Morgan fingerprint density at radius 3 is 2.58 bits per heavy atom. The number of hydrogen-bond donors (Lipinski definition) is 3. The zero-order valence-corrected chi connectivity index (χ0v) is 16.3. The summed E-state index contributed by atoms with van der Waals surface area (Å²) in [4.78, 5) is 12.7. The van der Waals surface area contributed by atoms with Crippen molar-refractivity contribution in [2.75, 3.05) is 13.7 Å². The van der Waals surface area contributed by atoms with Gasteiger partial charge in [-0.15, -0.1) is 0 Å². The van der Waals surface area contributed by atoms with Gasteiger partial charge in [0.15, 0.2) is 0 Å². The molecule has 4 rings (SSSR count). The summed E-state index contributed by atoms with van der Waals surface area (Å²) in [5.41, 5.74) is -1.96. The summed E-state index contributed by atoms with van der Waals surface area (Å²) in [6, 6.07) is 0. The Hall–Kier alpha value is -0.650. The topological polar surface area (TPSA) is 87.0 Å². The quantitative estimate of drug-likeness (QED) is 0.653. The first-order chi connectivity index (χ1) is 12.2. The van der Waals surface area contributed by atoms with Crippen molar-refractivity contribution in [3.63, 3.8) is 0 Å². The summed E-state index contributed by atoms with van der Waals surface area (Å²) in [6.07, 6.45) is 6.08. The number of rotatable bonds is 2. The van der Waals surface area contributed by atoms with Crippen LogP contribution in [0.4, 0.5) is 0 Å². The third-order valence-corrected chi connectivity index (χ3v) is 9.34. The van der Waals surface area contributed by atoms with Crippen LogP contribution >= 0.6 is 0 Å². The number of carbonyl (C=O) groups is 1. The molecule has 0 amide bonds. The lowest BCUT2D eigenvalue weighted by Crippen LogP contribution is -2.62. The van der Waals surface area contributed by atoms with Crippen molar-refractivity contribution in [3.05, 3.63) is 0 Å². The summed E-state index contributed by atoms with van der Waals surface area (Å²) < 4.78 is 5.17. The second kappa shape index (κ2) is 5.68. The lowest BCUT2D eigenvalue weighted by Gasteiger charge is -2.64. The van der Waals surface area contributed by atoms with Gasteiger partial charge in [0, 0.05) is 5.41 Å². The SMILES string of the molecule is COC(=O)[C@]1(C)CCC[C@@]2(C)C3CC[C@@H]4C[C@]3(C[C@@]4(O)CO)[C@@H](O)CC21. The van der Waals surface area contributed by atoms with Gasteiger partial charge in [-0.1, -0.05) is 13.3 Å². The summed E-state index contributed by atoms with van der Waals surface area (Å²) in [6.45, 7) is 4.11. The maximum absolute atomic E-state index is 12.7. The van der Waals surface area contributed by atoms with Crippen molar-refractivity contribution < 1.29 is 24.9 Å². The first-order valence-corrected chi connectivity index (χ1v) is 10.3. The Morgan fingerprint density at radius 2 is 1.92 bits per heavy atom. The van der Waals surface area contributed by atoms with Gasteiger partial charge in [0.2, 0.25) is 0 Å². The Bertz CT molecular complexity index is 607. The molecule has 1 spiro atoms. The van der Waals surface area contributed by atoms with Crippen molar-refractivity contribution in [1.82, 2.24) is 0 Å². The Labute approximate surface area is 156 Å². The molecule has 0 saturated heterocycles. The largest absolute Gasteiger partial charge is 0.469 e. The van der Waals surface area contributed by atoms with Crippen LogP contribution in [0, 0.1) is 34.0 Å². The third-order valence-electron chi connectivity index (χ3n) is 9.34. The van der Waals surface area contributed by atoms with Crippen LogP contribution in [0.15, 0.2) is 0 Å². The van der Waals surface area contributed by atoms with E-state index in [1.54, 1.807) is 0 Å². The van der Waals surface area contributed by atoms with Crippen LogP contribution < -0.4 is 0 Å². The number of aliphatic hydroxyl groups is 3. The lowest BCUT2D eigenvalue weighted by molar-refractivity contribution is -0.210. The Kier molecular flexibility index (Phi) is 4.08. The molecule has 148 valence electrons.